The Morgan fingerprint density at radius 1 is 1.11 bits per heavy atom. The third kappa shape index (κ3) is 5.68. The largest absolute Gasteiger partial charge is 0.495 e. The topological polar surface area (TPSA) is 82.4 Å². The van der Waals surface area contributed by atoms with Gasteiger partial charge in [0.25, 0.3) is 5.91 Å². The van der Waals surface area contributed by atoms with Gasteiger partial charge < -0.3 is 10.1 Å². The normalized spacial score (nSPS) is 16.5. The zero-order valence-electron chi connectivity index (χ0n) is 20.7. The van der Waals surface area contributed by atoms with Crippen molar-refractivity contribution in [2.24, 2.45) is 0 Å². The fraction of sp³-hybridized carbons (Fsp3) is 0.207. The van der Waals surface area contributed by atoms with Crippen LogP contribution in [-0.2, 0) is 16.0 Å². The molecule has 1 saturated heterocycles. The summed E-state index contributed by atoms with van der Waals surface area (Å²) >= 11 is 1.16. The number of thioether (sulfide) groups is 1. The maximum Gasteiger partial charge on any atom is 0.269 e. The number of anilines is 2. The Balaban J connectivity index is 1.74. The Morgan fingerprint density at radius 2 is 1.78 bits per heavy atom. The molecule has 1 aliphatic heterocycles. The maximum atomic E-state index is 13.6. The highest BCUT2D eigenvalue weighted by Gasteiger charge is 2.41. The molecule has 8 heteroatoms. The highest BCUT2D eigenvalue weighted by Crippen LogP contribution is 2.42. The molecule has 188 valence electrons. The second-order valence-electron chi connectivity index (χ2n) is 8.80. The third-order valence-corrected chi connectivity index (χ3v) is 7.28. The number of halogens is 1. The Kier molecular flexibility index (Phi) is 7.95. The van der Waals surface area contributed by atoms with Crippen LogP contribution in [0.15, 0.2) is 83.4 Å². The zero-order chi connectivity index (χ0) is 26.5. The van der Waals surface area contributed by atoms with Crippen LogP contribution in [0.2, 0.25) is 0 Å². The molecule has 0 aliphatic carbocycles. The number of benzene rings is 3. The summed E-state index contributed by atoms with van der Waals surface area (Å²) in [5.41, 5.74) is 2.68. The molecule has 1 unspecified atom stereocenters. The highest BCUT2D eigenvalue weighted by molar-refractivity contribution is 8.05. The number of amides is 2. The van der Waals surface area contributed by atoms with Crippen LogP contribution in [0.4, 0.5) is 15.8 Å². The molecule has 1 N–H and O–H groups in total. The summed E-state index contributed by atoms with van der Waals surface area (Å²) in [6, 6.07) is 22.4. The first-order valence-corrected chi connectivity index (χ1v) is 12.6. The number of ether oxygens (including phenoxy) is 1. The van der Waals surface area contributed by atoms with Gasteiger partial charge >= 0.3 is 0 Å². The number of nitrogens with zero attached hydrogens (tertiary/aromatic N) is 2. The average molecular weight is 516 g/mol. The van der Waals surface area contributed by atoms with E-state index in [1.165, 1.54) is 24.1 Å². The van der Waals surface area contributed by atoms with Gasteiger partial charge in [0.1, 0.15) is 28.2 Å². The van der Waals surface area contributed by atoms with Crippen LogP contribution in [0.1, 0.15) is 30.9 Å². The van der Waals surface area contributed by atoms with Gasteiger partial charge in [0, 0.05) is 5.69 Å². The minimum absolute atomic E-state index is 0.182. The van der Waals surface area contributed by atoms with E-state index in [0.717, 1.165) is 22.9 Å². The lowest BCUT2D eigenvalue weighted by Crippen LogP contribution is -2.31. The van der Waals surface area contributed by atoms with E-state index in [2.05, 4.69) is 19.2 Å². The Bertz CT molecular complexity index is 1380. The Labute approximate surface area is 219 Å². The van der Waals surface area contributed by atoms with Gasteiger partial charge in [-0.2, -0.15) is 5.26 Å². The molecule has 0 saturated carbocycles. The molecular weight excluding hydrogens is 489 g/mol. The minimum Gasteiger partial charge on any atom is -0.495 e. The molecule has 1 fully saturated rings. The lowest BCUT2D eigenvalue weighted by atomic mass is 10.0. The predicted molar refractivity (Wildman–Crippen MR) is 144 cm³/mol. The summed E-state index contributed by atoms with van der Waals surface area (Å²) in [5.74, 6) is -0.502. The number of hydrogen-bond donors (Lipinski definition) is 1. The van der Waals surface area contributed by atoms with Crippen molar-refractivity contribution >= 4 is 35.0 Å². The molecule has 1 atom stereocenters. The van der Waals surface area contributed by atoms with E-state index in [0.29, 0.717) is 29.5 Å². The van der Waals surface area contributed by atoms with Crippen LogP contribution >= 0.6 is 11.8 Å². The first-order chi connectivity index (χ1) is 17.8. The number of rotatable bonds is 7. The standard InChI is InChI=1S/C29H26FN3O3S/c1-18(2)20-10-14-22(15-11-20)33-28(35)26(16-19-8-12-21(30)13-9-19)37-29(33)23(17-31)27(34)32-24-6-4-5-7-25(24)36-3/h4-15,18,26H,16H2,1-3H3,(H,32,34)/b29-23-. The smallest absolute Gasteiger partial charge is 0.269 e. The molecule has 3 aromatic carbocycles. The van der Waals surface area contributed by atoms with Crippen molar-refractivity contribution in [2.75, 3.05) is 17.3 Å². The lowest BCUT2D eigenvalue weighted by Gasteiger charge is -2.20. The molecule has 1 heterocycles. The van der Waals surface area contributed by atoms with Crippen LogP contribution < -0.4 is 15.0 Å². The zero-order valence-corrected chi connectivity index (χ0v) is 21.5. The molecule has 0 aromatic heterocycles. The average Bonchev–Trinajstić information content (AvgIpc) is 3.21. The van der Waals surface area contributed by atoms with E-state index in [1.807, 2.05) is 30.3 Å². The maximum absolute atomic E-state index is 13.6. The van der Waals surface area contributed by atoms with Gasteiger partial charge in [0.15, 0.2) is 0 Å². The Hall–Kier alpha value is -4.09. The summed E-state index contributed by atoms with van der Waals surface area (Å²) in [6.07, 6.45) is 0.320. The van der Waals surface area contributed by atoms with Gasteiger partial charge in [-0.3, -0.25) is 14.5 Å². The van der Waals surface area contributed by atoms with Crippen molar-refractivity contribution in [3.63, 3.8) is 0 Å². The van der Waals surface area contributed by atoms with E-state index in [-0.39, 0.29) is 22.3 Å². The minimum atomic E-state index is -0.645. The number of carbonyl (C=O) groups is 2. The van der Waals surface area contributed by atoms with Gasteiger partial charge in [-0.1, -0.05) is 62.0 Å². The van der Waals surface area contributed by atoms with Crippen molar-refractivity contribution < 1.29 is 18.7 Å². The molecule has 37 heavy (non-hydrogen) atoms. The number of methoxy groups -OCH3 is 1. The van der Waals surface area contributed by atoms with Gasteiger partial charge in [-0.05, 0) is 59.9 Å². The van der Waals surface area contributed by atoms with Crippen LogP contribution in [0, 0.1) is 17.1 Å². The first kappa shape index (κ1) is 26.0. The number of nitrogens with one attached hydrogen (secondary N) is 1. The van der Waals surface area contributed by atoms with Gasteiger partial charge in [0.05, 0.1) is 18.0 Å². The molecule has 3 aromatic rings. The second-order valence-corrected chi connectivity index (χ2v) is 9.99. The monoisotopic (exact) mass is 515 g/mol. The predicted octanol–water partition coefficient (Wildman–Crippen LogP) is 6.02. The third-order valence-electron chi connectivity index (χ3n) is 6.01. The number of carbonyl (C=O) groups excluding carboxylic acids is 2. The second kappa shape index (κ2) is 11.3. The molecule has 0 bridgehead atoms. The van der Waals surface area contributed by atoms with E-state index in [9.17, 15) is 19.2 Å². The molecule has 0 radical (unpaired) electrons. The van der Waals surface area contributed by atoms with E-state index in [1.54, 1.807) is 36.4 Å². The summed E-state index contributed by atoms with van der Waals surface area (Å²) < 4.78 is 18.7. The SMILES string of the molecule is COc1ccccc1NC(=O)/C(C#N)=C1\SC(Cc2ccc(F)cc2)C(=O)N1c1ccc(C(C)C)cc1. The van der Waals surface area contributed by atoms with E-state index >= 15 is 0 Å². The summed E-state index contributed by atoms with van der Waals surface area (Å²) in [4.78, 5) is 28.4. The van der Waals surface area contributed by atoms with Gasteiger partial charge in [0.2, 0.25) is 5.91 Å². The fourth-order valence-electron chi connectivity index (χ4n) is 4.00. The van der Waals surface area contributed by atoms with Crippen molar-refractivity contribution in [1.82, 2.24) is 0 Å². The summed E-state index contributed by atoms with van der Waals surface area (Å²) in [7, 11) is 1.49. The lowest BCUT2D eigenvalue weighted by molar-refractivity contribution is -0.117. The first-order valence-electron chi connectivity index (χ1n) is 11.8. The Morgan fingerprint density at radius 3 is 2.41 bits per heavy atom. The molecule has 1 aliphatic rings. The van der Waals surface area contributed by atoms with Crippen LogP contribution in [0.25, 0.3) is 0 Å². The number of nitriles is 1. The molecule has 0 spiro atoms. The van der Waals surface area contributed by atoms with Gasteiger partial charge in [-0.25, -0.2) is 4.39 Å². The number of para-hydroxylation sites is 2. The van der Waals surface area contributed by atoms with Crippen molar-refractivity contribution in [2.45, 2.75) is 31.4 Å². The summed E-state index contributed by atoms with van der Waals surface area (Å²) in [5, 5.41) is 12.4. The van der Waals surface area contributed by atoms with Crippen LogP contribution in [-0.4, -0.2) is 24.2 Å². The van der Waals surface area contributed by atoms with E-state index in [4.69, 9.17) is 4.74 Å². The fourth-order valence-corrected chi connectivity index (χ4v) is 5.31. The molecular formula is C29H26FN3O3S. The van der Waals surface area contributed by atoms with E-state index < -0.39 is 11.2 Å². The highest BCUT2D eigenvalue weighted by atomic mass is 32.2. The molecule has 2 amide bonds. The van der Waals surface area contributed by atoms with Crippen LogP contribution in [0.5, 0.6) is 5.75 Å². The molecule has 4 rings (SSSR count). The van der Waals surface area contributed by atoms with Crippen LogP contribution in [0.3, 0.4) is 0 Å². The molecule has 6 nitrogen and oxygen atoms in total. The van der Waals surface area contributed by atoms with Gasteiger partial charge in [-0.15, -0.1) is 0 Å². The van der Waals surface area contributed by atoms with Crippen molar-refractivity contribution in [3.8, 4) is 11.8 Å². The number of hydrogen-bond acceptors (Lipinski definition) is 5. The van der Waals surface area contributed by atoms with Crippen molar-refractivity contribution in [1.29, 1.82) is 5.26 Å². The summed E-state index contributed by atoms with van der Waals surface area (Å²) in [6.45, 7) is 4.15. The van der Waals surface area contributed by atoms with Crippen molar-refractivity contribution in [3.05, 3.63) is 100 Å². The quantitative estimate of drug-likeness (QED) is 0.307.